The van der Waals surface area contributed by atoms with Crippen molar-refractivity contribution in [2.24, 2.45) is 38.2 Å². The van der Waals surface area contributed by atoms with E-state index in [0.29, 0.717) is 17.7 Å². The van der Waals surface area contributed by atoms with Crippen LogP contribution in [0.25, 0.3) is 0 Å². The van der Waals surface area contributed by atoms with Crippen molar-refractivity contribution < 1.29 is 19.9 Å². The molecule has 0 aliphatic carbocycles. The fourth-order valence-electron chi connectivity index (χ4n) is 1.78. The maximum absolute atomic E-state index is 9.64. The molecule has 11 N–H and O–H groups in total. The first-order valence-electron chi connectivity index (χ1n) is 7.31. The summed E-state index contributed by atoms with van der Waals surface area (Å²) in [5.41, 5.74) is 22.0. The maximum Gasteiger partial charge on any atom is 0.492 e. The van der Waals surface area contributed by atoms with Crippen LogP contribution in [0.1, 0.15) is 24.5 Å². The van der Waals surface area contributed by atoms with Gasteiger partial charge < -0.3 is 37.7 Å². The molecule has 1 aromatic rings. The van der Waals surface area contributed by atoms with Crippen molar-refractivity contribution in [3.63, 3.8) is 0 Å². The van der Waals surface area contributed by atoms with Gasteiger partial charge in [-0.05, 0) is 18.6 Å². The molecule has 25 heavy (non-hydrogen) atoms. The number of benzene rings is 1. The van der Waals surface area contributed by atoms with E-state index in [1.165, 1.54) is 18.5 Å². The molecule has 0 spiro atoms. The lowest BCUT2D eigenvalue weighted by atomic mass is 9.77. The topological polar surface area (TPSA) is 205 Å². The number of nitrogens with two attached hydrogens (primary N) is 4. The third kappa shape index (κ3) is 6.89. The third-order valence-corrected chi connectivity index (χ3v) is 2.69. The zero-order valence-electron chi connectivity index (χ0n) is 13.8. The molecule has 0 aliphatic heterocycles. The van der Waals surface area contributed by atoms with E-state index in [9.17, 15) is 10.0 Å². The number of hydrazone groups is 1. The number of hydrogen-bond acceptors (Lipinski definition) is 6. The molecule has 1 rings (SSSR count). The predicted molar refractivity (Wildman–Crippen MR) is 97.4 cm³/mol. The first-order valence-corrected chi connectivity index (χ1v) is 7.31. The van der Waals surface area contributed by atoms with Gasteiger partial charge in [-0.15, -0.1) is 10.2 Å². The minimum Gasteiger partial charge on any atom is -0.493 e. The van der Waals surface area contributed by atoms with E-state index in [1.807, 2.05) is 6.92 Å². The van der Waals surface area contributed by atoms with Gasteiger partial charge in [0.2, 0.25) is 12.2 Å². The van der Waals surface area contributed by atoms with Crippen LogP contribution in [0, 0.1) is 0 Å². The molecule has 1 aromatic carbocycles. The fraction of sp³-hybridized carbons (Fsp3) is 0.231. The average Bonchev–Trinajstić information content (AvgIpc) is 2.52. The van der Waals surface area contributed by atoms with Crippen molar-refractivity contribution in [2.45, 2.75) is 13.3 Å². The molecule has 0 heterocycles. The van der Waals surface area contributed by atoms with E-state index in [4.69, 9.17) is 27.7 Å². The molecule has 11 nitrogen and oxygen atoms in total. The van der Waals surface area contributed by atoms with Gasteiger partial charge in [0, 0.05) is 21.7 Å². The first kappa shape index (κ1) is 19.9. The molecule has 0 atom stereocenters. The Morgan fingerprint density at radius 2 is 1.96 bits per heavy atom. The smallest absolute Gasteiger partial charge is 0.492 e. The summed E-state index contributed by atoms with van der Waals surface area (Å²) in [6.45, 7) is 2.29. The number of ether oxygens (including phenoxy) is 1. The molecular formula is C13H22BN8O3+. The molecule has 0 unspecified atom stereocenters. The molecule has 134 valence electrons. The average molecular weight is 349 g/mol. The SMILES string of the molecule is CCCOc1c(C=NN=C(N)N)cc(C=[NH+]N=C(N)N)cc1B(O)O. The van der Waals surface area contributed by atoms with Crippen molar-refractivity contribution >= 4 is 36.9 Å². The number of hydrogen-bond donors (Lipinski definition) is 7. The maximum atomic E-state index is 9.64. The summed E-state index contributed by atoms with van der Waals surface area (Å²) in [4.78, 5) is 0. The minimum atomic E-state index is -1.77. The first-order chi connectivity index (χ1) is 11.8. The largest absolute Gasteiger partial charge is 0.493 e. The molecule has 0 aromatic heterocycles. The highest BCUT2D eigenvalue weighted by Gasteiger charge is 2.21. The molecule has 0 bridgehead atoms. The Labute approximate surface area is 144 Å². The Hall–Kier alpha value is -3.12. The second-order valence-corrected chi connectivity index (χ2v) is 4.83. The van der Waals surface area contributed by atoms with Gasteiger partial charge in [0.1, 0.15) is 5.75 Å². The summed E-state index contributed by atoms with van der Waals surface area (Å²) < 4.78 is 5.61. The molecule has 0 saturated heterocycles. The summed E-state index contributed by atoms with van der Waals surface area (Å²) in [7, 11) is -1.77. The third-order valence-electron chi connectivity index (χ3n) is 2.69. The highest BCUT2D eigenvalue weighted by atomic mass is 16.5. The van der Waals surface area contributed by atoms with Crippen LogP contribution >= 0.6 is 0 Å². The van der Waals surface area contributed by atoms with Gasteiger partial charge in [-0.25, -0.2) is 0 Å². The minimum absolute atomic E-state index is 0.139. The molecule has 0 saturated carbocycles. The van der Waals surface area contributed by atoms with Crippen LogP contribution in [0.4, 0.5) is 0 Å². The van der Waals surface area contributed by atoms with Crippen molar-refractivity contribution in [1.29, 1.82) is 0 Å². The summed E-state index contributed by atoms with van der Waals surface area (Å²) in [6, 6.07) is 3.15. The number of nitrogens with zero attached hydrogens (tertiary/aromatic N) is 3. The van der Waals surface area contributed by atoms with Gasteiger partial charge in [-0.1, -0.05) is 6.92 Å². The van der Waals surface area contributed by atoms with E-state index in [2.05, 4.69) is 20.4 Å². The van der Waals surface area contributed by atoms with Gasteiger partial charge in [0.25, 0.3) is 5.96 Å². The quantitative estimate of drug-likeness (QED) is 0.106. The summed E-state index contributed by atoms with van der Waals surface area (Å²) in [6.07, 6.45) is 3.51. The van der Waals surface area contributed by atoms with Crippen molar-refractivity contribution in [3.05, 3.63) is 23.3 Å². The molecule has 0 aliphatic rings. The molecule has 0 fully saturated rings. The molecule has 0 radical (unpaired) electrons. The summed E-state index contributed by atoms with van der Waals surface area (Å²) >= 11 is 0. The van der Waals surface area contributed by atoms with E-state index in [1.54, 1.807) is 6.07 Å². The van der Waals surface area contributed by atoms with Gasteiger partial charge in [-0.2, -0.15) is 5.10 Å². The Morgan fingerprint density at radius 3 is 2.52 bits per heavy atom. The molecule has 0 amide bonds. The zero-order valence-corrected chi connectivity index (χ0v) is 13.8. The molecular weight excluding hydrogens is 327 g/mol. The van der Waals surface area contributed by atoms with Crippen LogP contribution in [0.5, 0.6) is 5.75 Å². The van der Waals surface area contributed by atoms with Crippen LogP contribution in [0.15, 0.2) is 27.4 Å². The Kier molecular flexibility index (Phi) is 7.89. The standard InChI is InChI=1S/C13H21BN8O3/c1-2-3-25-11-9(7-20-22-13(17)18)4-8(5-10(11)14(23)24)6-19-21-12(15)16/h4-7,23-24H,2-3H2,1H3,(H4,15,16,21)(H4,17,18,22)/p+1. The predicted octanol–water partition coefficient (Wildman–Crippen LogP) is -4.55. The highest BCUT2D eigenvalue weighted by molar-refractivity contribution is 6.60. The summed E-state index contributed by atoms with van der Waals surface area (Å²) in [5, 5.41) is 32.7. The van der Waals surface area contributed by atoms with Gasteiger partial charge in [0.05, 0.1) is 12.8 Å². The number of rotatable bonds is 8. The zero-order chi connectivity index (χ0) is 18.8. The second-order valence-electron chi connectivity index (χ2n) is 4.83. The van der Waals surface area contributed by atoms with Crippen molar-refractivity contribution in [2.75, 3.05) is 6.61 Å². The monoisotopic (exact) mass is 349 g/mol. The van der Waals surface area contributed by atoms with Crippen molar-refractivity contribution in [3.8, 4) is 5.75 Å². The van der Waals surface area contributed by atoms with Gasteiger partial charge in [0.15, 0.2) is 0 Å². The van der Waals surface area contributed by atoms with E-state index < -0.39 is 7.12 Å². The van der Waals surface area contributed by atoms with Gasteiger partial charge >= 0.3 is 7.12 Å². The second kappa shape index (κ2) is 9.90. The van der Waals surface area contributed by atoms with E-state index in [-0.39, 0.29) is 23.1 Å². The Morgan fingerprint density at radius 1 is 1.24 bits per heavy atom. The normalized spacial score (nSPS) is 10.8. The lowest BCUT2D eigenvalue weighted by Crippen LogP contribution is -2.63. The summed E-state index contributed by atoms with van der Waals surface area (Å²) in [5.74, 6) is -0.117. The fourth-order valence-corrected chi connectivity index (χ4v) is 1.78. The van der Waals surface area contributed by atoms with E-state index >= 15 is 0 Å². The van der Waals surface area contributed by atoms with Gasteiger partial charge in [-0.3, -0.25) is 0 Å². The van der Waals surface area contributed by atoms with Crippen LogP contribution in [-0.4, -0.2) is 48.1 Å². The van der Waals surface area contributed by atoms with Crippen LogP contribution in [0.3, 0.4) is 0 Å². The lowest BCUT2D eigenvalue weighted by Gasteiger charge is -2.14. The number of nitrogens with one attached hydrogen (secondary N) is 1. The molecule has 12 heteroatoms. The van der Waals surface area contributed by atoms with E-state index in [0.717, 1.165) is 6.42 Å². The lowest BCUT2D eigenvalue weighted by molar-refractivity contribution is -0.456. The van der Waals surface area contributed by atoms with Crippen LogP contribution in [-0.2, 0) is 0 Å². The Bertz CT molecular complexity index is 695. The van der Waals surface area contributed by atoms with Crippen LogP contribution in [0.2, 0.25) is 0 Å². The highest BCUT2D eigenvalue weighted by Crippen LogP contribution is 2.17. The Balaban J connectivity index is 3.41. The van der Waals surface area contributed by atoms with Crippen LogP contribution < -0.4 is 38.2 Å². The number of guanidine groups is 2. The van der Waals surface area contributed by atoms with Crippen molar-refractivity contribution in [1.82, 2.24) is 0 Å².